The molecule has 12 heteroatoms. The molecule has 1 amide bonds. The van der Waals surface area contributed by atoms with E-state index in [-0.39, 0.29) is 16.3 Å². The van der Waals surface area contributed by atoms with Gasteiger partial charge in [0.1, 0.15) is 0 Å². The van der Waals surface area contributed by atoms with Crippen LogP contribution in [0.2, 0.25) is 0 Å². The van der Waals surface area contributed by atoms with Crippen molar-refractivity contribution in [2.24, 2.45) is 7.05 Å². The van der Waals surface area contributed by atoms with E-state index in [4.69, 9.17) is 0 Å². The summed E-state index contributed by atoms with van der Waals surface area (Å²) in [7, 11) is -1.70. The first-order valence-electron chi connectivity index (χ1n) is 8.55. The number of amides is 1. The van der Waals surface area contributed by atoms with E-state index in [0.29, 0.717) is 4.09 Å². The molecule has 3 rings (SSSR count). The van der Waals surface area contributed by atoms with E-state index in [9.17, 15) is 28.1 Å². The average Bonchev–Trinajstić information content (AvgIpc) is 3.01. The van der Waals surface area contributed by atoms with Crippen molar-refractivity contribution in [3.05, 3.63) is 80.3 Å². The molecule has 0 unspecified atom stereocenters. The largest absolute Gasteiger partial charge is 0.314 e. The highest BCUT2D eigenvalue weighted by atomic mass is 32.2. The Morgan fingerprint density at radius 1 is 1.10 bits per heavy atom. The molecule has 0 aliphatic carbocycles. The molecule has 0 aliphatic rings. The van der Waals surface area contributed by atoms with Crippen LogP contribution in [0, 0.1) is 17.0 Å². The Morgan fingerprint density at radius 2 is 1.67 bits per heavy atom. The predicted octanol–water partition coefficient (Wildman–Crippen LogP) is 1.31. The number of nitro groups is 1. The molecule has 30 heavy (non-hydrogen) atoms. The van der Waals surface area contributed by atoms with E-state index in [1.807, 2.05) is 0 Å². The standard InChI is InChI=1S/C18H17N5O6S/c1-12-4-10-15(11-5-12)30(28,29)22-18(25)16(19-21(22)3)17(24)20(2)13-6-8-14(9-7-13)23(26)27/h4-11H,1-3H3. The van der Waals surface area contributed by atoms with Gasteiger partial charge in [-0.2, -0.15) is 13.2 Å². The normalized spacial score (nSPS) is 11.3. The Hall–Kier alpha value is -3.80. The maximum absolute atomic E-state index is 12.9. The van der Waals surface area contributed by atoms with Crippen molar-refractivity contribution in [3.63, 3.8) is 0 Å². The number of aryl methyl sites for hydroxylation is 2. The lowest BCUT2D eigenvalue weighted by Crippen LogP contribution is -2.34. The summed E-state index contributed by atoms with van der Waals surface area (Å²) in [6, 6.07) is 11.0. The van der Waals surface area contributed by atoms with E-state index in [1.165, 1.54) is 50.5 Å². The van der Waals surface area contributed by atoms with Crippen molar-refractivity contribution in [1.29, 1.82) is 0 Å². The van der Waals surface area contributed by atoms with Crippen LogP contribution in [0.4, 0.5) is 11.4 Å². The number of rotatable bonds is 5. The van der Waals surface area contributed by atoms with Crippen LogP contribution in [-0.4, -0.2) is 40.3 Å². The Morgan fingerprint density at radius 3 is 2.20 bits per heavy atom. The Balaban J connectivity index is 2.00. The highest BCUT2D eigenvalue weighted by Crippen LogP contribution is 2.19. The SMILES string of the molecule is Cc1ccc(S(=O)(=O)n2c(=O)c(C(=O)N(C)c3ccc([N+](=O)[O-])cc3)nn2C)cc1. The molecule has 2 aromatic carbocycles. The molecule has 0 spiro atoms. The first-order valence-corrected chi connectivity index (χ1v) is 9.99. The fourth-order valence-electron chi connectivity index (χ4n) is 2.73. The molecule has 156 valence electrons. The number of nitro benzene ring substituents is 1. The quantitative estimate of drug-likeness (QED) is 0.439. The second kappa shape index (κ2) is 7.55. The smallest absolute Gasteiger partial charge is 0.310 e. The summed E-state index contributed by atoms with van der Waals surface area (Å²) in [5, 5.41) is 14.6. The number of hydrogen-bond acceptors (Lipinski definition) is 7. The number of aromatic nitrogens is 3. The molecule has 0 aliphatic heterocycles. The molecule has 0 radical (unpaired) electrons. The summed E-state index contributed by atoms with van der Waals surface area (Å²) in [5.74, 6) is -0.859. The summed E-state index contributed by atoms with van der Waals surface area (Å²) < 4.78 is 26.2. The number of hydrogen-bond donors (Lipinski definition) is 0. The number of nitrogens with zero attached hydrogens (tertiary/aromatic N) is 5. The van der Waals surface area contributed by atoms with Gasteiger partial charge in [-0.1, -0.05) is 17.7 Å². The van der Waals surface area contributed by atoms with Gasteiger partial charge in [0.05, 0.1) is 9.82 Å². The number of benzene rings is 2. The van der Waals surface area contributed by atoms with Crippen molar-refractivity contribution < 1.29 is 18.1 Å². The summed E-state index contributed by atoms with van der Waals surface area (Å²) >= 11 is 0. The van der Waals surface area contributed by atoms with Crippen LogP contribution in [0.25, 0.3) is 0 Å². The second-order valence-corrected chi connectivity index (χ2v) is 8.21. The highest BCUT2D eigenvalue weighted by Gasteiger charge is 2.29. The third kappa shape index (κ3) is 3.59. The maximum atomic E-state index is 12.9. The summed E-state index contributed by atoms with van der Waals surface area (Å²) in [4.78, 5) is 37.4. The minimum Gasteiger partial charge on any atom is -0.310 e. The van der Waals surface area contributed by atoms with Gasteiger partial charge in [0, 0.05) is 31.9 Å². The van der Waals surface area contributed by atoms with Gasteiger partial charge in [-0.3, -0.25) is 19.7 Å². The van der Waals surface area contributed by atoms with Crippen molar-refractivity contribution in [2.75, 3.05) is 11.9 Å². The molecule has 0 fully saturated rings. The number of anilines is 1. The van der Waals surface area contributed by atoms with Gasteiger partial charge in [-0.25, -0.2) is 0 Å². The van der Waals surface area contributed by atoms with Crippen LogP contribution < -0.4 is 10.5 Å². The molecule has 0 saturated heterocycles. The lowest BCUT2D eigenvalue weighted by Gasteiger charge is -2.15. The minimum absolute atomic E-state index is 0.124. The summed E-state index contributed by atoms with van der Waals surface area (Å²) in [6.45, 7) is 1.79. The van der Waals surface area contributed by atoms with Crippen LogP contribution in [0.1, 0.15) is 16.1 Å². The van der Waals surface area contributed by atoms with Gasteiger partial charge in [-0.15, -0.1) is 9.19 Å². The third-order valence-corrected chi connectivity index (χ3v) is 6.11. The van der Waals surface area contributed by atoms with E-state index in [1.54, 1.807) is 19.1 Å². The minimum atomic E-state index is -4.28. The number of carbonyl (C=O) groups is 1. The Kier molecular flexibility index (Phi) is 5.27. The third-order valence-electron chi connectivity index (χ3n) is 4.39. The van der Waals surface area contributed by atoms with E-state index < -0.39 is 32.1 Å². The topological polar surface area (TPSA) is 137 Å². The Labute approximate surface area is 171 Å². The van der Waals surface area contributed by atoms with Crippen LogP contribution in [0.3, 0.4) is 0 Å². The van der Waals surface area contributed by atoms with Crippen molar-refractivity contribution >= 4 is 27.3 Å². The number of non-ortho nitro benzene ring substituents is 1. The zero-order chi connectivity index (χ0) is 22.2. The molecule has 3 aromatic rings. The van der Waals surface area contributed by atoms with E-state index in [0.717, 1.165) is 15.3 Å². The molecule has 1 heterocycles. The first-order chi connectivity index (χ1) is 14.0. The molecule has 11 nitrogen and oxygen atoms in total. The van der Waals surface area contributed by atoms with E-state index >= 15 is 0 Å². The molecule has 0 saturated carbocycles. The van der Waals surface area contributed by atoms with Crippen LogP contribution in [-0.2, 0) is 17.1 Å². The van der Waals surface area contributed by atoms with Crippen LogP contribution in [0.15, 0.2) is 58.2 Å². The maximum Gasteiger partial charge on any atom is 0.314 e. The zero-order valence-corrected chi connectivity index (χ0v) is 17.0. The molecule has 0 N–H and O–H groups in total. The lowest BCUT2D eigenvalue weighted by atomic mass is 10.2. The lowest BCUT2D eigenvalue weighted by molar-refractivity contribution is -0.384. The van der Waals surface area contributed by atoms with E-state index in [2.05, 4.69) is 5.10 Å². The number of carbonyl (C=O) groups excluding carboxylic acids is 1. The first kappa shape index (κ1) is 20.9. The predicted molar refractivity (Wildman–Crippen MR) is 107 cm³/mol. The summed E-state index contributed by atoms with van der Waals surface area (Å²) in [6.07, 6.45) is 0. The highest BCUT2D eigenvalue weighted by molar-refractivity contribution is 7.89. The molecular weight excluding hydrogens is 414 g/mol. The molecule has 1 aromatic heterocycles. The van der Waals surface area contributed by atoms with Crippen molar-refractivity contribution in [3.8, 4) is 0 Å². The van der Waals surface area contributed by atoms with Crippen LogP contribution >= 0.6 is 0 Å². The van der Waals surface area contributed by atoms with Gasteiger partial charge < -0.3 is 4.90 Å². The average molecular weight is 431 g/mol. The van der Waals surface area contributed by atoms with Gasteiger partial charge in [0.2, 0.25) is 5.69 Å². The Bertz CT molecular complexity index is 1290. The molecule has 0 bridgehead atoms. The van der Waals surface area contributed by atoms with Gasteiger partial charge in [-0.05, 0) is 31.2 Å². The van der Waals surface area contributed by atoms with Gasteiger partial charge in [0.25, 0.3) is 21.6 Å². The summed E-state index contributed by atoms with van der Waals surface area (Å²) in [5.41, 5.74) is -0.759. The molecule has 0 atom stereocenters. The van der Waals surface area contributed by atoms with Crippen molar-refractivity contribution in [2.45, 2.75) is 11.8 Å². The van der Waals surface area contributed by atoms with Gasteiger partial charge in [0.15, 0.2) is 0 Å². The fourth-order valence-corrected chi connectivity index (χ4v) is 4.07. The van der Waals surface area contributed by atoms with Crippen molar-refractivity contribution in [1.82, 2.24) is 14.0 Å². The zero-order valence-electron chi connectivity index (χ0n) is 16.2. The monoisotopic (exact) mass is 431 g/mol. The van der Waals surface area contributed by atoms with Gasteiger partial charge >= 0.3 is 5.56 Å². The second-order valence-electron chi connectivity index (χ2n) is 6.44. The molecular formula is C18H17N5O6S. The fraction of sp³-hybridized carbons (Fsp3) is 0.167. The van der Waals surface area contributed by atoms with Crippen LogP contribution in [0.5, 0.6) is 0 Å².